The predicted molar refractivity (Wildman–Crippen MR) is 63.1 cm³/mol. The van der Waals surface area contributed by atoms with Crippen LogP contribution in [-0.2, 0) is 22.2 Å². The van der Waals surface area contributed by atoms with Crippen molar-refractivity contribution in [3.8, 4) is 0 Å². The lowest BCUT2D eigenvalue weighted by Gasteiger charge is -2.07. The standard InChI is InChI=1S/C9H6F4O2.C4H6O2/c10-7-4-6(9(11,12)13)2-1-5(7)3-8(14)15;5-4(6)3-1-2-3/h1-2,4H,3H2,(H,14,15);3H,1-2H2,(H,5,6). The van der Waals surface area contributed by atoms with E-state index in [0.717, 1.165) is 18.9 Å². The zero-order chi connectivity index (χ0) is 16.2. The van der Waals surface area contributed by atoms with Crippen molar-refractivity contribution in [1.29, 1.82) is 0 Å². The van der Waals surface area contributed by atoms with E-state index in [4.69, 9.17) is 10.2 Å². The van der Waals surface area contributed by atoms with Crippen molar-refractivity contribution in [3.63, 3.8) is 0 Å². The monoisotopic (exact) mass is 308 g/mol. The molecule has 0 spiro atoms. The van der Waals surface area contributed by atoms with Gasteiger partial charge in [0.1, 0.15) is 5.82 Å². The highest BCUT2D eigenvalue weighted by atomic mass is 19.4. The van der Waals surface area contributed by atoms with Gasteiger partial charge in [0.2, 0.25) is 0 Å². The molecule has 0 unspecified atom stereocenters. The molecule has 0 aliphatic heterocycles. The Hall–Kier alpha value is -2.12. The highest BCUT2D eigenvalue weighted by Gasteiger charge is 2.31. The maximum Gasteiger partial charge on any atom is 0.416 e. The van der Waals surface area contributed by atoms with Gasteiger partial charge in [-0.3, -0.25) is 9.59 Å². The van der Waals surface area contributed by atoms with Gasteiger partial charge >= 0.3 is 18.1 Å². The number of halogens is 4. The first kappa shape index (κ1) is 16.9. The largest absolute Gasteiger partial charge is 0.481 e. The second-order valence-electron chi connectivity index (χ2n) is 4.49. The molecule has 1 aromatic carbocycles. The summed E-state index contributed by atoms with van der Waals surface area (Å²) in [6.45, 7) is 0. The van der Waals surface area contributed by atoms with E-state index in [1.54, 1.807) is 0 Å². The molecule has 0 saturated heterocycles. The minimum atomic E-state index is -4.62. The maximum absolute atomic E-state index is 13.0. The number of carbonyl (C=O) groups is 2. The van der Waals surface area contributed by atoms with Crippen LogP contribution in [0.3, 0.4) is 0 Å². The van der Waals surface area contributed by atoms with Gasteiger partial charge in [-0.1, -0.05) is 6.07 Å². The number of hydrogen-bond donors (Lipinski definition) is 2. The number of rotatable bonds is 3. The van der Waals surface area contributed by atoms with Crippen LogP contribution in [-0.4, -0.2) is 22.2 Å². The highest BCUT2D eigenvalue weighted by Crippen LogP contribution is 2.30. The fourth-order valence-electron chi connectivity index (χ4n) is 1.36. The summed E-state index contributed by atoms with van der Waals surface area (Å²) in [5, 5.41) is 16.4. The van der Waals surface area contributed by atoms with Crippen molar-refractivity contribution in [1.82, 2.24) is 0 Å². The highest BCUT2D eigenvalue weighted by molar-refractivity contribution is 5.72. The summed E-state index contributed by atoms with van der Waals surface area (Å²) in [5.74, 6) is -3.07. The van der Waals surface area contributed by atoms with Crippen molar-refractivity contribution in [2.24, 2.45) is 5.92 Å². The van der Waals surface area contributed by atoms with Crippen LogP contribution in [0.15, 0.2) is 18.2 Å². The third-order valence-corrected chi connectivity index (χ3v) is 2.65. The molecule has 0 amide bonds. The van der Waals surface area contributed by atoms with Crippen LogP contribution in [0.5, 0.6) is 0 Å². The molecule has 1 aromatic rings. The molecule has 2 rings (SSSR count). The van der Waals surface area contributed by atoms with E-state index in [9.17, 15) is 27.2 Å². The third-order valence-electron chi connectivity index (χ3n) is 2.65. The average molecular weight is 308 g/mol. The van der Waals surface area contributed by atoms with E-state index in [1.807, 2.05) is 0 Å². The normalized spacial score (nSPS) is 14.1. The summed E-state index contributed by atoms with van der Waals surface area (Å²) in [6.07, 6.45) is -3.46. The summed E-state index contributed by atoms with van der Waals surface area (Å²) in [4.78, 5) is 20.0. The fourth-order valence-corrected chi connectivity index (χ4v) is 1.36. The first-order valence-electron chi connectivity index (χ1n) is 5.91. The third kappa shape index (κ3) is 5.80. The molecule has 116 valence electrons. The first-order chi connectivity index (χ1) is 9.61. The molecule has 1 saturated carbocycles. The first-order valence-corrected chi connectivity index (χ1v) is 5.91. The van der Waals surface area contributed by atoms with E-state index < -0.39 is 35.9 Å². The van der Waals surface area contributed by atoms with Gasteiger partial charge < -0.3 is 10.2 Å². The zero-order valence-electron chi connectivity index (χ0n) is 10.7. The number of aliphatic carboxylic acids is 2. The summed E-state index contributed by atoms with van der Waals surface area (Å²) >= 11 is 0. The molecule has 0 atom stereocenters. The van der Waals surface area contributed by atoms with Gasteiger partial charge in [-0.25, -0.2) is 4.39 Å². The van der Waals surface area contributed by atoms with Crippen molar-refractivity contribution in [2.75, 3.05) is 0 Å². The van der Waals surface area contributed by atoms with Gasteiger partial charge in [0.15, 0.2) is 0 Å². The van der Waals surface area contributed by atoms with Gasteiger partial charge in [-0.15, -0.1) is 0 Å². The Balaban J connectivity index is 0.000000304. The van der Waals surface area contributed by atoms with Gasteiger partial charge in [0.05, 0.1) is 17.9 Å². The topological polar surface area (TPSA) is 74.6 Å². The summed E-state index contributed by atoms with van der Waals surface area (Å²) in [6, 6.07) is 1.77. The Bertz CT molecular complexity index is 535. The van der Waals surface area contributed by atoms with Crippen LogP contribution >= 0.6 is 0 Å². The van der Waals surface area contributed by atoms with Crippen molar-refractivity contribution in [3.05, 3.63) is 35.1 Å². The maximum atomic E-state index is 13.0. The van der Waals surface area contributed by atoms with Gasteiger partial charge in [-0.05, 0) is 30.5 Å². The fraction of sp³-hybridized carbons (Fsp3) is 0.385. The van der Waals surface area contributed by atoms with E-state index in [1.165, 1.54) is 0 Å². The van der Waals surface area contributed by atoms with Crippen LogP contribution in [0.1, 0.15) is 24.0 Å². The minimum absolute atomic E-state index is 0.0185. The molecule has 0 radical (unpaired) electrons. The van der Waals surface area contributed by atoms with Crippen LogP contribution in [0.25, 0.3) is 0 Å². The van der Waals surface area contributed by atoms with Crippen LogP contribution in [0.2, 0.25) is 0 Å². The van der Waals surface area contributed by atoms with Crippen molar-refractivity contribution in [2.45, 2.75) is 25.4 Å². The molecule has 0 heterocycles. The Kier molecular flexibility index (Phi) is 5.28. The Morgan fingerprint density at radius 2 is 1.76 bits per heavy atom. The van der Waals surface area contributed by atoms with E-state index in [-0.39, 0.29) is 17.5 Å². The van der Waals surface area contributed by atoms with E-state index in [0.29, 0.717) is 6.07 Å². The average Bonchev–Trinajstić information content (AvgIpc) is 3.14. The lowest BCUT2D eigenvalue weighted by Crippen LogP contribution is -2.08. The molecule has 4 nitrogen and oxygen atoms in total. The van der Waals surface area contributed by atoms with Gasteiger partial charge in [-0.2, -0.15) is 13.2 Å². The molecule has 2 N–H and O–H groups in total. The summed E-state index contributed by atoms with van der Waals surface area (Å²) in [7, 11) is 0. The Morgan fingerprint density at radius 3 is 2.05 bits per heavy atom. The van der Waals surface area contributed by atoms with Crippen LogP contribution < -0.4 is 0 Å². The number of carboxylic acid groups (broad SMARTS) is 2. The van der Waals surface area contributed by atoms with Crippen LogP contribution in [0, 0.1) is 11.7 Å². The molecule has 0 bridgehead atoms. The van der Waals surface area contributed by atoms with Crippen LogP contribution in [0.4, 0.5) is 17.6 Å². The number of alkyl halides is 3. The second kappa shape index (κ2) is 6.55. The SMILES string of the molecule is O=C(O)C1CC1.O=C(O)Cc1ccc(C(F)(F)F)cc1F. The molecular formula is C13H12F4O4. The smallest absolute Gasteiger partial charge is 0.416 e. The summed E-state index contributed by atoms with van der Waals surface area (Å²) in [5.41, 5.74) is -1.40. The van der Waals surface area contributed by atoms with Gasteiger partial charge in [0.25, 0.3) is 0 Å². The second-order valence-corrected chi connectivity index (χ2v) is 4.49. The number of hydrogen-bond acceptors (Lipinski definition) is 2. The predicted octanol–water partition coefficient (Wildman–Crippen LogP) is 2.95. The molecule has 0 aromatic heterocycles. The Morgan fingerprint density at radius 1 is 1.19 bits per heavy atom. The quantitative estimate of drug-likeness (QED) is 0.842. The zero-order valence-corrected chi connectivity index (χ0v) is 10.7. The van der Waals surface area contributed by atoms with E-state index in [2.05, 4.69) is 0 Å². The summed E-state index contributed by atoms with van der Waals surface area (Å²) < 4.78 is 49.2. The molecule has 21 heavy (non-hydrogen) atoms. The molecule has 1 aliphatic carbocycles. The van der Waals surface area contributed by atoms with Crippen molar-refractivity contribution >= 4 is 11.9 Å². The lowest BCUT2D eigenvalue weighted by atomic mass is 10.1. The van der Waals surface area contributed by atoms with E-state index >= 15 is 0 Å². The molecule has 1 aliphatic rings. The molecular weight excluding hydrogens is 296 g/mol. The minimum Gasteiger partial charge on any atom is -0.481 e. The van der Waals surface area contributed by atoms with Gasteiger partial charge in [0, 0.05) is 0 Å². The number of carboxylic acids is 2. The lowest BCUT2D eigenvalue weighted by molar-refractivity contribution is -0.139. The molecule has 1 fully saturated rings. The Labute approximate surface area is 117 Å². The molecule has 8 heteroatoms. The number of benzene rings is 1. The van der Waals surface area contributed by atoms with Crippen molar-refractivity contribution < 1.29 is 37.4 Å².